The fraction of sp³-hybridized carbons (Fsp3) is 0.812. The Bertz CT molecular complexity index is 249. The molecular weight excluding hydrogens is 236 g/mol. The number of carbonyl (C=O) groups excluding carboxylic acids is 1. The summed E-state index contributed by atoms with van der Waals surface area (Å²) in [5, 5.41) is 2.83. The zero-order valence-corrected chi connectivity index (χ0v) is 13.2. The van der Waals surface area contributed by atoms with E-state index in [1.807, 2.05) is 0 Å². The number of rotatable bonds is 12. The predicted molar refractivity (Wildman–Crippen MR) is 83.0 cm³/mol. The highest BCUT2D eigenvalue weighted by Crippen LogP contribution is 2.08. The average Bonchev–Trinajstić information content (AvgIpc) is 2.38. The van der Waals surface area contributed by atoms with Crippen LogP contribution < -0.4 is 5.32 Å². The van der Waals surface area contributed by atoms with E-state index in [9.17, 15) is 4.79 Å². The monoisotopic (exact) mass is 269 g/mol. The van der Waals surface area contributed by atoms with E-state index in [0.29, 0.717) is 0 Å². The van der Waals surface area contributed by atoms with Crippen molar-refractivity contribution in [2.45, 2.75) is 51.9 Å². The maximum absolute atomic E-state index is 11.0. The second-order valence-electron chi connectivity index (χ2n) is 6.00. The van der Waals surface area contributed by atoms with Gasteiger partial charge in [0.05, 0.1) is 27.2 Å². The molecule has 0 aliphatic carbocycles. The van der Waals surface area contributed by atoms with E-state index in [1.165, 1.54) is 51.1 Å². The molecule has 1 N–H and O–H groups in total. The molecule has 1 amide bonds. The molecule has 0 fully saturated rings. The van der Waals surface area contributed by atoms with E-state index >= 15 is 0 Å². The van der Waals surface area contributed by atoms with Gasteiger partial charge < -0.3 is 9.80 Å². The molecule has 0 aromatic rings. The highest BCUT2D eigenvalue weighted by atomic mass is 16.1. The van der Waals surface area contributed by atoms with Gasteiger partial charge in [-0.15, -0.1) is 0 Å². The number of carbonyl (C=O) groups is 1. The molecule has 0 radical (unpaired) electrons. The Hall–Kier alpha value is -0.830. The lowest BCUT2D eigenvalue weighted by molar-refractivity contribution is -0.890. The average molecular weight is 269 g/mol. The van der Waals surface area contributed by atoms with Gasteiger partial charge in [0.2, 0.25) is 5.91 Å². The minimum absolute atomic E-state index is 0.0683. The molecule has 3 heteroatoms. The SMILES string of the molecule is C=CC(=O)NCCC[N+](C)(C)CCCCCCCC. The van der Waals surface area contributed by atoms with Gasteiger partial charge in [-0.25, -0.2) is 0 Å². The maximum atomic E-state index is 11.0. The van der Waals surface area contributed by atoms with Crippen LogP contribution in [0.15, 0.2) is 12.7 Å². The van der Waals surface area contributed by atoms with E-state index in [0.717, 1.165) is 24.0 Å². The number of unbranched alkanes of at least 4 members (excludes halogenated alkanes) is 5. The normalized spacial score (nSPS) is 11.3. The van der Waals surface area contributed by atoms with E-state index in [-0.39, 0.29) is 5.91 Å². The zero-order valence-electron chi connectivity index (χ0n) is 13.2. The quantitative estimate of drug-likeness (QED) is 0.329. The van der Waals surface area contributed by atoms with Gasteiger partial charge >= 0.3 is 0 Å². The minimum Gasteiger partial charge on any atom is -0.352 e. The van der Waals surface area contributed by atoms with Gasteiger partial charge in [-0.05, 0) is 18.9 Å². The Kier molecular flexibility index (Phi) is 10.6. The molecular formula is C16H33N2O+. The molecule has 0 spiro atoms. The number of quaternary nitrogens is 1. The molecule has 0 heterocycles. The molecule has 0 saturated heterocycles. The van der Waals surface area contributed by atoms with Crippen molar-refractivity contribution in [1.29, 1.82) is 0 Å². The third kappa shape index (κ3) is 12.0. The largest absolute Gasteiger partial charge is 0.352 e. The van der Waals surface area contributed by atoms with Gasteiger partial charge in [-0.1, -0.05) is 39.2 Å². The van der Waals surface area contributed by atoms with E-state index in [1.54, 1.807) is 0 Å². The molecule has 0 atom stereocenters. The molecule has 0 aliphatic heterocycles. The van der Waals surface area contributed by atoms with Crippen LogP contribution in [-0.2, 0) is 4.79 Å². The molecule has 19 heavy (non-hydrogen) atoms. The van der Waals surface area contributed by atoms with Crippen LogP contribution in [0.3, 0.4) is 0 Å². The maximum Gasteiger partial charge on any atom is 0.243 e. The topological polar surface area (TPSA) is 29.1 Å². The summed E-state index contributed by atoms with van der Waals surface area (Å²) in [7, 11) is 4.56. The summed E-state index contributed by atoms with van der Waals surface area (Å²) in [6.45, 7) is 8.81. The molecule has 0 bridgehead atoms. The summed E-state index contributed by atoms with van der Waals surface area (Å²) in [6.07, 6.45) is 10.5. The van der Waals surface area contributed by atoms with Crippen LogP contribution in [0, 0.1) is 0 Å². The van der Waals surface area contributed by atoms with Crippen LogP contribution in [-0.4, -0.2) is 44.1 Å². The van der Waals surface area contributed by atoms with Crippen molar-refractivity contribution >= 4 is 5.91 Å². The van der Waals surface area contributed by atoms with E-state index in [2.05, 4.69) is 32.9 Å². The Morgan fingerprint density at radius 1 is 1.05 bits per heavy atom. The fourth-order valence-electron chi connectivity index (χ4n) is 2.22. The lowest BCUT2D eigenvalue weighted by Gasteiger charge is -2.30. The second kappa shape index (κ2) is 11.0. The number of nitrogens with zero attached hydrogens (tertiary/aromatic N) is 1. The number of hydrogen-bond acceptors (Lipinski definition) is 1. The van der Waals surface area contributed by atoms with E-state index in [4.69, 9.17) is 0 Å². The molecule has 0 aromatic carbocycles. The number of amides is 1. The molecule has 0 aliphatic rings. The zero-order chi connectivity index (χ0) is 14.6. The van der Waals surface area contributed by atoms with Crippen molar-refractivity contribution in [2.75, 3.05) is 33.7 Å². The van der Waals surface area contributed by atoms with Crippen molar-refractivity contribution in [3.05, 3.63) is 12.7 Å². The highest BCUT2D eigenvalue weighted by Gasteiger charge is 2.13. The smallest absolute Gasteiger partial charge is 0.243 e. The summed E-state index contributed by atoms with van der Waals surface area (Å²) in [5.74, 6) is -0.0683. The number of hydrogen-bond donors (Lipinski definition) is 1. The Morgan fingerprint density at radius 2 is 1.63 bits per heavy atom. The minimum atomic E-state index is -0.0683. The third-order valence-electron chi connectivity index (χ3n) is 3.54. The van der Waals surface area contributed by atoms with Gasteiger partial charge in [0.1, 0.15) is 0 Å². The van der Waals surface area contributed by atoms with Crippen LogP contribution in [0.4, 0.5) is 0 Å². The van der Waals surface area contributed by atoms with Crippen LogP contribution >= 0.6 is 0 Å². The van der Waals surface area contributed by atoms with Gasteiger partial charge in [0, 0.05) is 13.0 Å². The molecule has 3 nitrogen and oxygen atoms in total. The molecule has 0 rings (SSSR count). The molecule has 0 unspecified atom stereocenters. The fourth-order valence-corrected chi connectivity index (χ4v) is 2.22. The van der Waals surface area contributed by atoms with Crippen molar-refractivity contribution in [3.63, 3.8) is 0 Å². The standard InChI is InChI=1S/C16H32N2O/c1-5-7-8-9-10-11-14-18(3,4)15-12-13-17-16(19)6-2/h6H,2,5,7-15H2,1,3-4H3/p+1. The van der Waals surface area contributed by atoms with Crippen molar-refractivity contribution < 1.29 is 9.28 Å². The first kappa shape index (κ1) is 18.2. The lowest BCUT2D eigenvalue weighted by Crippen LogP contribution is -2.42. The molecule has 0 aromatic heterocycles. The van der Waals surface area contributed by atoms with Crippen molar-refractivity contribution in [2.24, 2.45) is 0 Å². The summed E-state index contributed by atoms with van der Waals surface area (Å²) < 4.78 is 1.05. The first-order chi connectivity index (χ1) is 9.02. The van der Waals surface area contributed by atoms with Crippen LogP contribution in [0.2, 0.25) is 0 Å². The molecule has 112 valence electrons. The summed E-state index contributed by atoms with van der Waals surface area (Å²) >= 11 is 0. The van der Waals surface area contributed by atoms with Crippen molar-refractivity contribution in [3.8, 4) is 0 Å². The summed E-state index contributed by atoms with van der Waals surface area (Å²) in [5.41, 5.74) is 0. The van der Waals surface area contributed by atoms with Crippen molar-refractivity contribution in [1.82, 2.24) is 5.32 Å². The van der Waals surface area contributed by atoms with Gasteiger partial charge in [0.15, 0.2) is 0 Å². The van der Waals surface area contributed by atoms with Crippen LogP contribution in [0.25, 0.3) is 0 Å². The third-order valence-corrected chi connectivity index (χ3v) is 3.54. The van der Waals surface area contributed by atoms with Gasteiger partial charge in [0.25, 0.3) is 0 Å². The first-order valence-electron chi connectivity index (χ1n) is 7.74. The van der Waals surface area contributed by atoms with Gasteiger partial charge in [-0.3, -0.25) is 4.79 Å². The summed E-state index contributed by atoms with van der Waals surface area (Å²) in [4.78, 5) is 11.0. The Labute approximate surface area is 119 Å². The Morgan fingerprint density at radius 3 is 2.26 bits per heavy atom. The Balaban J connectivity index is 3.51. The predicted octanol–water partition coefficient (Wildman–Crippen LogP) is 3.12. The second-order valence-corrected chi connectivity index (χ2v) is 6.00. The van der Waals surface area contributed by atoms with E-state index < -0.39 is 0 Å². The summed E-state index contributed by atoms with van der Waals surface area (Å²) in [6, 6.07) is 0. The number of nitrogens with one attached hydrogen (secondary N) is 1. The highest BCUT2D eigenvalue weighted by molar-refractivity contribution is 5.86. The van der Waals surface area contributed by atoms with Crippen LogP contribution in [0.5, 0.6) is 0 Å². The first-order valence-corrected chi connectivity index (χ1v) is 7.74. The lowest BCUT2D eigenvalue weighted by atomic mass is 10.1. The van der Waals surface area contributed by atoms with Gasteiger partial charge in [-0.2, -0.15) is 0 Å². The van der Waals surface area contributed by atoms with Crippen LogP contribution in [0.1, 0.15) is 51.9 Å². The molecule has 0 saturated carbocycles.